The maximum Gasteiger partial charge on any atom is 0.240 e. The molecule has 6 atom stereocenters. The van der Waals surface area contributed by atoms with Gasteiger partial charge in [0.25, 0.3) is 0 Å². The van der Waals surface area contributed by atoms with Crippen LogP contribution in [0.15, 0.2) is 10.6 Å². The summed E-state index contributed by atoms with van der Waals surface area (Å²) in [5.74, 6) is -2.50. The van der Waals surface area contributed by atoms with E-state index in [4.69, 9.17) is 0 Å². The summed E-state index contributed by atoms with van der Waals surface area (Å²) in [7, 11) is 4.12. The van der Waals surface area contributed by atoms with E-state index >= 15 is 0 Å². The third kappa shape index (κ3) is 4.46. The standard InChI is InChI=1S/C22H34N4O6S.ClH/c1-11-17-16(12(2)28)21(30)25(17)18(22(31)32)19(11)33-14-7-15(23-8-14)20(29)24-9-13(10-24)26(3,4)5-6-27;/h11-17,23,27-28H,5-10H2,1-4H3;1H/t11-,12-,14+,15+,16-,17-;/m1./s1. The van der Waals surface area contributed by atoms with E-state index in [1.54, 1.807) is 6.92 Å². The van der Waals surface area contributed by atoms with Crippen molar-refractivity contribution in [3.63, 3.8) is 0 Å². The molecule has 34 heavy (non-hydrogen) atoms. The summed E-state index contributed by atoms with van der Waals surface area (Å²) < 4.78 is 0.679. The van der Waals surface area contributed by atoms with Crippen LogP contribution in [-0.4, -0.2) is 119 Å². The van der Waals surface area contributed by atoms with E-state index in [2.05, 4.69) is 19.4 Å². The van der Waals surface area contributed by atoms with Gasteiger partial charge in [-0.25, -0.2) is 0 Å². The van der Waals surface area contributed by atoms with E-state index in [1.807, 2.05) is 11.8 Å². The number of carbonyl (C=O) groups is 3. The number of β-lactam (4-membered cyclic amide) rings is 1. The number of thioether (sulfide) groups is 1. The first-order valence-corrected chi connectivity index (χ1v) is 12.4. The molecule has 4 rings (SSSR count). The molecular formula is C22H35ClN4O6S. The Hall–Kier alpha value is -1.37. The first kappa shape index (κ1) is 27.2. The highest BCUT2D eigenvalue weighted by Crippen LogP contribution is 2.51. The Morgan fingerprint density at radius 2 is 1.97 bits per heavy atom. The molecule has 4 aliphatic rings. The summed E-state index contributed by atoms with van der Waals surface area (Å²) in [6.45, 7) is 6.10. The second kappa shape index (κ2) is 9.94. The third-order valence-corrected chi connectivity index (χ3v) is 9.33. The molecule has 0 aliphatic carbocycles. The molecule has 0 bridgehead atoms. The number of quaternary nitrogens is 1. The van der Waals surface area contributed by atoms with Crippen LogP contribution in [0.25, 0.3) is 0 Å². The monoisotopic (exact) mass is 518 g/mol. The Morgan fingerprint density at radius 1 is 1.32 bits per heavy atom. The summed E-state index contributed by atoms with van der Waals surface area (Å²) in [6, 6.07) is -0.366. The number of hydrogen-bond acceptors (Lipinski definition) is 8. The lowest BCUT2D eigenvalue weighted by atomic mass is 9.79. The SMILES string of the molecule is C[C@@H](O)[C@H]1C(=O)N2C(C(=O)[O-])=C(S[C@@H]3CN[C@H](C(=O)N4CC([N+](C)(C)CCO)C4)C3)[C@H](C)[C@H]12.Cl. The Balaban J connectivity index is 0.00000324. The van der Waals surface area contributed by atoms with Gasteiger partial charge < -0.3 is 39.7 Å². The van der Waals surface area contributed by atoms with Crippen LogP contribution in [-0.2, 0) is 14.4 Å². The number of carboxylic acid groups (broad SMARTS) is 1. The summed E-state index contributed by atoms with van der Waals surface area (Å²) in [4.78, 5) is 41.0. The molecule has 192 valence electrons. The molecule has 3 saturated heterocycles. The van der Waals surface area contributed by atoms with Gasteiger partial charge in [-0.2, -0.15) is 0 Å². The third-order valence-electron chi connectivity index (χ3n) is 7.82. The minimum Gasteiger partial charge on any atom is -0.543 e. The lowest BCUT2D eigenvalue weighted by Gasteiger charge is -2.48. The van der Waals surface area contributed by atoms with Gasteiger partial charge in [0, 0.05) is 22.6 Å². The zero-order valence-electron chi connectivity index (χ0n) is 20.0. The number of likely N-dealkylation sites (tertiary alicyclic amines) is 1. The van der Waals surface area contributed by atoms with Gasteiger partial charge in [-0.15, -0.1) is 24.2 Å². The van der Waals surface area contributed by atoms with Crippen LogP contribution in [0.5, 0.6) is 0 Å². The van der Waals surface area contributed by atoms with Crippen molar-refractivity contribution in [3.05, 3.63) is 10.6 Å². The highest BCUT2D eigenvalue weighted by Gasteiger charge is 2.59. The molecule has 0 radical (unpaired) electrons. The molecular weight excluding hydrogens is 484 g/mol. The van der Waals surface area contributed by atoms with Crippen molar-refractivity contribution in [1.82, 2.24) is 15.1 Å². The van der Waals surface area contributed by atoms with Crippen molar-refractivity contribution in [3.8, 4) is 0 Å². The van der Waals surface area contributed by atoms with E-state index in [1.165, 1.54) is 16.7 Å². The molecule has 0 aromatic heterocycles. The fraction of sp³-hybridized carbons (Fsp3) is 0.773. The quantitative estimate of drug-likeness (QED) is 0.247. The first-order chi connectivity index (χ1) is 15.5. The van der Waals surface area contributed by atoms with Crippen molar-refractivity contribution in [2.45, 2.75) is 49.7 Å². The zero-order chi connectivity index (χ0) is 24.2. The molecule has 0 saturated carbocycles. The lowest BCUT2D eigenvalue weighted by molar-refractivity contribution is -0.919. The molecule has 12 heteroatoms. The Morgan fingerprint density at radius 3 is 2.53 bits per heavy atom. The Kier molecular flexibility index (Phi) is 7.96. The number of amides is 2. The topological polar surface area (TPSA) is 133 Å². The summed E-state index contributed by atoms with van der Waals surface area (Å²) in [6.07, 6.45) is -0.265. The Labute approximate surface area is 210 Å². The maximum atomic E-state index is 13.0. The van der Waals surface area contributed by atoms with Crippen molar-refractivity contribution < 1.29 is 34.2 Å². The van der Waals surface area contributed by atoms with Crippen molar-refractivity contribution >= 4 is 42.0 Å². The van der Waals surface area contributed by atoms with Gasteiger partial charge in [0.2, 0.25) is 11.8 Å². The minimum absolute atomic E-state index is 0. The van der Waals surface area contributed by atoms with Crippen LogP contribution >= 0.6 is 24.2 Å². The van der Waals surface area contributed by atoms with Crippen LogP contribution in [0, 0.1) is 11.8 Å². The normalized spacial score (nSPS) is 32.2. The first-order valence-electron chi connectivity index (χ1n) is 11.6. The number of fused-ring (bicyclic) bond motifs is 1. The number of nitrogens with one attached hydrogen (secondary N) is 1. The van der Waals surface area contributed by atoms with E-state index in [0.717, 1.165) is 0 Å². The average Bonchev–Trinajstić information content (AvgIpc) is 3.22. The predicted octanol–water partition coefficient (Wildman–Crippen LogP) is -2.03. The molecule has 4 heterocycles. The van der Waals surface area contributed by atoms with Gasteiger partial charge >= 0.3 is 0 Å². The summed E-state index contributed by atoms with van der Waals surface area (Å²) in [5, 5.41) is 34.4. The number of hydrogen-bond donors (Lipinski definition) is 3. The second-order valence-corrected chi connectivity index (χ2v) is 11.7. The highest BCUT2D eigenvalue weighted by atomic mass is 35.5. The average molecular weight is 519 g/mol. The van der Waals surface area contributed by atoms with Gasteiger partial charge in [0.1, 0.15) is 12.6 Å². The van der Waals surface area contributed by atoms with Gasteiger partial charge in [-0.05, 0) is 13.3 Å². The molecule has 3 fully saturated rings. The number of halogens is 1. The predicted molar refractivity (Wildman–Crippen MR) is 126 cm³/mol. The van der Waals surface area contributed by atoms with E-state index < -0.39 is 18.0 Å². The summed E-state index contributed by atoms with van der Waals surface area (Å²) >= 11 is 1.41. The van der Waals surface area contributed by atoms with Gasteiger partial charge in [-0.1, -0.05) is 6.92 Å². The number of aliphatic hydroxyl groups excluding tert-OH is 2. The lowest BCUT2D eigenvalue weighted by Crippen LogP contribution is -2.68. The van der Waals surface area contributed by atoms with Crippen LogP contribution in [0.3, 0.4) is 0 Å². The van der Waals surface area contributed by atoms with Crippen molar-refractivity contribution in [2.75, 3.05) is 46.9 Å². The van der Waals surface area contributed by atoms with Crippen LogP contribution in [0.1, 0.15) is 20.3 Å². The van der Waals surface area contributed by atoms with Crippen LogP contribution < -0.4 is 10.4 Å². The number of likely N-dealkylation sites (N-methyl/N-ethyl adjacent to an activating group) is 1. The summed E-state index contributed by atoms with van der Waals surface area (Å²) in [5.41, 5.74) is -0.0800. The number of carboxylic acids is 1. The second-order valence-electron chi connectivity index (χ2n) is 10.3. The fourth-order valence-electron chi connectivity index (χ4n) is 5.57. The Bertz CT molecular complexity index is 877. The fourth-order valence-corrected chi connectivity index (χ4v) is 7.04. The number of aliphatic carboxylic acids is 1. The molecule has 4 aliphatic heterocycles. The zero-order valence-corrected chi connectivity index (χ0v) is 21.6. The largest absolute Gasteiger partial charge is 0.543 e. The van der Waals surface area contributed by atoms with E-state index in [9.17, 15) is 29.7 Å². The smallest absolute Gasteiger partial charge is 0.240 e. The highest BCUT2D eigenvalue weighted by molar-refractivity contribution is 8.03. The van der Waals surface area contributed by atoms with Crippen LogP contribution in [0.2, 0.25) is 0 Å². The van der Waals surface area contributed by atoms with Crippen molar-refractivity contribution in [1.29, 1.82) is 0 Å². The van der Waals surface area contributed by atoms with E-state index in [0.29, 0.717) is 48.0 Å². The van der Waals surface area contributed by atoms with Gasteiger partial charge in [0.05, 0.1) is 69.6 Å². The molecule has 0 aromatic rings. The molecule has 10 nitrogen and oxygen atoms in total. The molecule has 0 spiro atoms. The van der Waals surface area contributed by atoms with Gasteiger partial charge in [0.15, 0.2) is 0 Å². The van der Waals surface area contributed by atoms with E-state index in [-0.39, 0.29) is 59.8 Å². The molecule has 0 aromatic carbocycles. The minimum atomic E-state index is -1.38. The molecule has 0 unspecified atom stereocenters. The molecule has 2 amide bonds. The molecule has 3 N–H and O–H groups in total. The maximum absolute atomic E-state index is 13.0. The number of nitrogens with zero attached hydrogens (tertiary/aromatic N) is 3. The van der Waals surface area contributed by atoms with Crippen LogP contribution in [0.4, 0.5) is 0 Å². The van der Waals surface area contributed by atoms with Crippen molar-refractivity contribution in [2.24, 2.45) is 11.8 Å². The number of carbonyl (C=O) groups excluding carboxylic acids is 3. The number of aliphatic hydroxyl groups is 2. The van der Waals surface area contributed by atoms with Gasteiger partial charge in [-0.3, -0.25) is 9.59 Å². The number of rotatable bonds is 8.